The van der Waals surface area contributed by atoms with E-state index < -0.39 is 5.97 Å². The van der Waals surface area contributed by atoms with E-state index in [1.807, 2.05) is 6.07 Å². The first-order chi connectivity index (χ1) is 9.07. The number of aliphatic carboxylic acids is 1. The van der Waals surface area contributed by atoms with Gasteiger partial charge in [0.15, 0.2) is 0 Å². The Kier molecular flexibility index (Phi) is 4.59. The van der Waals surface area contributed by atoms with Crippen LogP contribution < -0.4 is 0 Å². The van der Waals surface area contributed by atoms with Crippen molar-refractivity contribution in [1.82, 2.24) is 4.90 Å². The summed E-state index contributed by atoms with van der Waals surface area (Å²) in [5, 5.41) is 9.01. The molecule has 0 aliphatic carbocycles. The van der Waals surface area contributed by atoms with E-state index in [0.717, 1.165) is 38.9 Å². The first-order valence-electron chi connectivity index (χ1n) is 7.05. The first kappa shape index (κ1) is 14.1. The summed E-state index contributed by atoms with van der Waals surface area (Å²) in [6.45, 7) is 5.14. The Labute approximate surface area is 115 Å². The van der Waals surface area contributed by atoms with E-state index >= 15 is 0 Å². The molecule has 3 nitrogen and oxygen atoms in total. The Morgan fingerprint density at radius 3 is 2.79 bits per heavy atom. The summed E-state index contributed by atoms with van der Waals surface area (Å²) < 4.78 is 0. The van der Waals surface area contributed by atoms with Crippen LogP contribution in [0, 0.1) is 5.41 Å². The summed E-state index contributed by atoms with van der Waals surface area (Å²) in [4.78, 5) is 13.4. The molecule has 0 amide bonds. The van der Waals surface area contributed by atoms with Gasteiger partial charge in [-0.2, -0.15) is 0 Å². The Bertz CT molecular complexity index is 418. The number of nitrogens with zero attached hydrogens (tertiary/aromatic N) is 1. The van der Waals surface area contributed by atoms with Gasteiger partial charge in [-0.1, -0.05) is 37.3 Å². The van der Waals surface area contributed by atoms with Crippen LogP contribution in [0.15, 0.2) is 30.3 Å². The zero-order valence-corrected chi connectivity index (χ0v) is 11.6. The van der Waals surface area contributed by atoms with Crippen molar-refractivity contribution in [2.24, 2.45) is 5.41 Å². The van der Waals surface area contributed by atoms with Gasteiger partial charge >= 0.3 is 5.97 Å². The third-order valence-electron chi connectivity index (χ3n) is 4.00. The van der Waals surface area contributed by atoms with E-state index in [-0.39, 0.29) is 11.8 Å². The van der Waals surface area contributed by atoms with Crippen LogP contribution in [0.25, 0.3) is 0 Å². The lowest BCUT2D eigenvalue weighted by molar-refractivity contribution is -0.140. The SMILES string of the molecule is CC1(CC(=O)O)CCCN(CCc2ccccc2)C1. The number of carboxylic acids is 1. The minimum absolute atomic E-state index is 0.0548. The summed E-state index contributed by atoms with van der Waals surface area (Å²) in [7, 11) is 0. The fourth-order valence-electron chi connectivity index (χ4n) is 3.06. The van der Waals surface area contributed by atoms with Crippen LogP contribution in [0.5, 0.6) is 0 Å². The average molecular weight is 261 g/mol. The van der Waals surface area contributed by atoms with Crippen molar-refractivity contribution in [3.63, 3.8) is 0 Å². The molecule has 1 aliphatic heterocycles. The van der Waals surface area contributed by atoms with Gasteiger partial charge in [0, 0.05) is 13.1 Å². The van der Waals surface area contributed by atoms with Crippen LogP contribution in [0.2, 0.25) is 0 Å². The normalized spacial score (nSPS) is 24.3. The lowest BCUT2D eigenvalue weighted by atomic mass is 9.79. The van der Waals surface area contributed by atoms with E-state index in [4.69, 9.17) is 5.11 Å². The number of carbonyl (C=O) groups is 1. The van der Waals surface area contributed by atoms with Gasteiger partial charge in [0.25, 0.3) is 0 Å². The number of carboxylic acid groups (broad SMARTS) is 1. The Balaban J connectivity index is 1.86. The summed E-state index contributed by atoms with van der Waals surface area (Å²) in [6.07, 6.45) is 3.47. The number of benzene rings is 1. The quantitative estimate of drug-likeness (QED) is 0.886. The Morgan fingerprint density at radius 1 is 1.37 bits per heavy atom. The van der Waals surface area contributed by atoms with E-state index in [2.05, 4.69) is 36.1 Å². The van der Waals surface area contributed by atoms with Gasteiger partial charge in [-0.3, -0.25) is 4.79 Å². The second kappa shape index (κ2) is 6.20. The predicted molar refractivity (Wildman–Crippen MR) is 76.2 cm³/mol. The molecule has 1 unspecified atom stereocenters. The smallest absolute Gasteiger partial charge is 0.303 e. The van der Waals surface area contributed by atoms with Crippen LogP contribution in [0.4, 0.5) is 0 Å². The molecule has 1 aliphatic rings. The number of hydrogen-bond acceptors (Lipinski definition) is 2. The van der Waals surface area contributed by atoms with E-state index in [9.17, 15) is 4.79 Å². The minimum Gasteiger partial charge on any atom is -0.481 e. The average Bonchev–Trinajstić information content (AvgIpc) is 2.36. The molecule has 0 bridgehead atoms. The van der Waals surface area contributed by atoms with Gasteiger partial charge in [-0.05, 0) is 36.8 Å². The molecule has 1 aromatic rings. The zero-order chi connectivity index (χ0) is 13.7. The molecule has 2 rings (SSSR count). The van der Waals surface area contributed by atoms with Crippen LogP contribution in [-0.4, -0.2) is 35.6 Å². The third-order valence-corrected chi connectivity index (χ3v) is 4.00. The summed E-state index contributed by atoms with van der Waals surface area (Å²) in [5.41, 5.74) is 1.30. The fraction of sp³-hybridized carbons (Fsp3) is 0.562. The Morgan fingerprint density at radius 2 is 2.11 bits per heavy atom. The van der Waals surface area contributed by atoms with E-state index in [0.29, 0.717) is 0 Å². The second-order valence-corrected chi connectivity index (χ2v) is 6.00. The third kappa shape index (κ3) is 4.35. The van der Waals surface area contributed by atoms with Crippen LogP contribution in [0.3, 0.4) is 0 Å². The molecule has 1 atom stereocenters. The molecule has 1 N–H and O–H groups in total. The molecule has 1 fully saturated rings. The number of likely N-dealkylation sites (tertiary alicyclic amines) is 1. The zero-order valence-electron chi connectivity index (χ0n) is 11.6. The van der Waals surface area contributed by atoms with Crippen LogP contribution >= 0.6 is 0 Å². The maximum atomic E-state index is 10.9. The van der Waals surface area contributed by atoms with Gasteiger partial charge in [0.1, 0.15) is 0 Å². The topological polar surface area (TPSA) is 40.5 Å². The van der Waals surface area contributed by atoms with Crippen LogP contribution in [-0.2, 0) is 11.2 Å². The minimum atomic E-state index is -0.674. The monoisotopic (exact) mass is 261 g/mol. The van der Waals surface area contributed by atoms with Gasteiger partial charge in [0.05, 0.1) is 6.42 Å². The maximum absolute atomic E-state index is 10.9. The van der Waals surface area contributed by atoms with Gasteiger partial charge in [0.2, 0.25) is 0 Å². The number of hydrogen-bond donors (Lipinski definition) is 1. The van der Waals surface area contributed by atoms with Crippen molar-refractivity contribution in [1.29, 1.82) is 0 Å². The van der Waals surface area contributed by atoms with Crippen LogP contribution in [0.1, 0.15) is 31.7 Å². The molecule has 1 heterocycles. The first-order valence-corrected chi connectivity index (χ1v) is 7.05. The molecule has 19 heavy (non-hydrogen) atoms. The molecule has 0 radical (unpaired) electrons. The molecule has 0 aromatic heterocycles. The summed E-state index contributed by atoms with van der Waals surface area (Å²) in [6, 6.07) is 10.5. The van der Waals surface area contributed by atoms with Crippen molar-refractivity contribution < 1.29 is 9.90 Å². The second-order valence-electron chi connectivity index (χ2n) is 6.00. The molecule has 0 spiro atoms. The standard InChI is InChI=1S/C16H23NO2/c1-16(12-15(18)19)9-5-10-17(13-16)11-8-14-6-3-2-4-7-14/h2-4,6-7H,5,8-13H2,1H3,(H,18,19). The lowest BCUT2D eigenvalue weighted by Crippen LogP contribution is -2.43. The van der Waals surface area contributed by atoms with Crippen molar-refractivity contribution in [3.8, 4) is 0 Å². The highest BCUT2D eigenvalue weighted by atomic mass is 16.4. The lowest BCUT2D eigenvalue weighted by Gasteiger charge is -2.39. The van der Waals surface area contributed by atoms with Crippen molar-refractivity contribution >= 4 is 5.97 Å². The highest BCUT2D eigenvalue weighted by molar-refractivity contribution is 5.67. The Hall–Kier alpha value is -1.35. The van der Waals surface area contributed by atoms with E-state index in [1.54, 1.807) is 0 Å². The van der Waals surface area contributed by atoms with Gasteiger partial charge < -0.3 is 10.0 Å². The molecule has 3 heteroatoms. The van der Waals surface area contributed by atoms with Crippen molar-refractivity contribution in [2.75, 3.05) is 19.6 Å². The molecule has 1 aromatic carbocycles. The van der Waals surface area contributed by atoms with Crippen molar-refractivity contribution in [2.45, 2.75) is 32.6 Å². The summed E-state index contributed by atoms with van der Waals surface area (Å²) >= 11 is 0. The van der Waals surface area contributed by atoms with Crippen molar-refractivity contribution in [3.05, 3.63) is 35.9 Å². The molecule has 0 saturated carbocycles. The maximum Gasteiger partial charge on any atom is 0.303 e. The molecular formula is C16H23NO2. The largest absolute Gasteiger partial charge is 0.481 e. The summed E-state index contributed by atoms with van der Waals surface area (Å²) in [5.74, 6) is -0.674. The highest BCUT2D eigenvalue weighted by Crippen LogP contribution is 2.32. The highest BCUT2D eigenvalue weighted by Gasteiger charge is 2.32. The van der Waals surface area contributed by atoms with Gasteiger partial charge in [-0.15, -0.1) is 0 Å². The predicted octanol–water partition coefficient (Wildman–Crippen LogP) is 2.81. The molecule has 1 saturated heterocycles. The fourth-order valence-corrected chi connectivity index (χ4v) is 3.06. The van der Waals surface area contributed by atoms with E-state index in [1.165, 1.54) is 5.56 Å². The molecule has 104 valence electrons. The van der Waals surface area contributed by atoms with Gasteiger partial charge in [-0.25, -0.2) is 0 Å². The number of piperidine rings is 1. The molecular weight excluding hydrogens is 238 g/mol. The number of rotatable bonds is 5.